The summed E-state index contributed by atoms with van der Waals surface area (Å²) >= 11 is 0. The highest BCUT2D eigenvalue weighted by Crippen LogP contribution is 2.07. The van der Waals surface area contributed by atoms with Crippen molar-refractivity contribution < 1.29 is 9.90 Å². The van der Waals surface area contributed by atoms with E-state index in [0.717, 1.165) is 12.1 Å². The van der Waals surface area contributed by atoms with Crippen LogP contribution in [0.3, 0.4) is 0 Å². The average Bonchev–Trinajstić information content (AvgIpc) is 2.96. The van der Waals surface area contributed by atoms with Crippen molar-refractivity contribution in [3.05, 3.63) is 48.3 Å². The summed E-state index contributed by atoms with van der Waals surface area (Å²) in [5.41, 5.74) is 1.31. The molecule has 0 fully saturated rings. The minimum absolute atomic E-state index is 0.0246. The SMILES string of the molecule is CC(CCCO)NC(=O)c1ccn(-c2ccccc2)n1. The second-order valence-electron chi connectivity index (χ2n) is 4.72. The highest BCUT2D eigenvalue weighted by Gasteiger charge is 2.12. The van der Waals surface area contributed by atoms with Crippen molar-refractivity contribution >= 4 is 5.91 Å². The fraction of sp³-hybridized carbons (Fsp3) is 0.333. The molecule has 0 aliphatic rings. The minimum atomic E-state index is -0.190. The van der Waals surface area contributed by atoms with E-state index in [-0.39, 0.29) is 18.6 Å². The molecule has 5 nitrogen and oxygen atoms in total. The Hall–Kier alpha value is -2.14. The van der Waals surface area contributed by atoms with Crippen molar-refractivity contribution in [3.63, 3.8) is 0 Å². The zero-order valence-corrected chi connectivity index (χ0v) is 11.5. The summed E-state index contributed by atoms with van der Waals surface area (Å²) in [7, 11) is 0. The van der Waals surface area contributed by atoms with E-state index in [0.29, 0.717) is 12.1 Å². The van der Waals surface area contributed by atoms with Crippen molar-refractivity contribution in [1.82, 2.24) is 15.1 Å². The molecule has 1 aromatic heterocycles. The Morgan fingerprint density at radius 3 is 2.80 bits per heavy atom. The van der Waals surface area contributed by atoms with Crippen LogP contribution in [0, 0.1) is 0 Å². The highest BCUT2D eigenvalue weighted by molar-refractivity contribution is 5.92. The topological polar surface area (TPSA) is 67.2 Å². The third-order valence-corrected chi connectivity index (χ3v) is 3.02. The van der Waals surface area contributed by atoms with Crippen molar-refractivity contribution in [2.45, 2.75) is 25.8 Å². The molecule has 1 atom stereocenters. The van der Waals surface area contributed by atoms with Crippen molar-refractivity contribution in [3.8, 4) is 5.69 Å². The van der Waals surface area contributed by atoms with E-state index in [1.807, 2.05) is 37.3 Å². The van der Waals surface area contributed by atoms with E-state index in [1.165, 1.54) is 0 Å². The Bertz CT molecular complexity index is 551. The number of carbonyl (C=O) groups excluding carboxylic acids is 1. The van der Waals surface area contributed by atoms with E-state index in [9.17, 15) is 4.79 Å². The smallest absolute Gasteiger partial charge is 0.271 e. The molecule has 0 spiro atoms. The Kier molecular flexibility index (Phi) is 4.90. The number of rotatable bonds is 6. The molecule has 0 bridgehead atoms. The number of hydrogen-bond donors (Lipinski definition) is 2. The molecule has 0 radical (unpaired) electrons. The third kappa shape index (κ3) is 3.68. The molecule has 1 heterocycles. The van der Waals surface area contributed by atoms with Crippen LogP contribution in [0.15, 0.2) is 42.6 Å². The van der Waals surface area contributed by atoms with Gasteiger partial charge in [-0.05, 0) is 38.0 Å². The summed E-state index contributed by atoms with van der Waals surface area (Å²) in [5, 5.41) is 15.9. The van der Waals surface area contributed by atoms with Gasteiger partial charge in [-0.2, -0.15) is 5.10 Å². The Labute approximate surface area is 118 Å². The Morgan fingerprint density at radius 2 is 2.10 bits per heavy atom. The maximum Gasteiger partial charge on any atom is 0.271 e. The van der Waals surface area contributed by atoms with Gasteiger partial charge in [-0.3, -0.25) is 4.79 Å². The van der Waals surface area contributed by atoms with E-state index in [1.54, 1.807) is 16.9 Å². The van der Waals surface area contributed by atoms with Crippen LogP contribution in [0.5, 0.6) is 0 Å². The van der Waals surface area contributed by atoms with Crippen LogP contribution in [0.1, 0.15) is 30.3 Å². The number of carbonyl (C=O) groups is 1. The minimum Gasteiger partial charge on any atom is -0.396 e. The number of para-hydroxylation sites is 1. The second-order valence-corrected chi connectivity index (χ2v) is 4.72. The number of amides is 1. The van der Waals surface area contributed by atoms with Crippen LogP contribution in [0.4, 0.5) is 0 Å². The normalized spacial score (nSPS) is 12.1. The maximum atomic E-state index is 12.0. The fourth-order valence-corrected chi connectivity index (χ4v) is 1.94. The molecule has 2 aromatic rings. The summed E-state index contributed by atoms with van der Waals surface area (Å²) in [6.45, 7) is 2.06. The van der Waals surface area contributed by atoms with Crippen molar-refractivity contribution in [1.29, 1.82) is 0 Å². The van der Waals surface area contributed by atoms with Gasteiger partial charge in [0.05, 0.1) is 5.69 Å². The van der Waals surface area contributed by atoms with Crippen LogP contribution in [0.25, 0.3) is 5.69 Å². The zero-order chi connectivity index (χ0) is 14.4. The van der Waals surface area contributed by atoms with Crippen LogP contribution in [-0.2, 0) is 0 Å². The summed E-state index contributed by atoms with van der Waals surface area (Å²) in [5.74, 6) is -0.190. The molecule has 2 N–H and O–H groups in total. The molecule has 20 heavy (non-hydrogen) atoms. The van der Waals surface area contributed by atoms with Gasteiger partial charge in [0.15, 0.2) is 5.69 Å². The average molecular weight is 273 g/mol. The second kappa shape index (κ2) is 6.86. The van der Waals surface area contributed by atoms with Gasteiger partial charge in [-0.1, -0.05) is 18.2 Å². The van der Waals surface area contributed by atoms with Gasteiger partial charge in [0, 0.05) is 18.8 Å². The number of nitrogens with one attached hydrogen (secondary N) is 1. The first kappa shape index (κ1) is 14.3. The molecule has 1 amide bonds. The first-order valence-corrected chi connectivity index (χ1v) is 6.73. The fourth-order valence-electron chi connectivity index (χ4n) is 1.94. The largest absolute Gasteiger partial charge is 0.396 e. The predicted octanol–water partition coefficient (Wildman–Crippen LogP) is 1.76. The van der Waals surface area contributed by atoms with Crippen LogP contribution >= 0.6 is 0 Å². The summed E-state index contributed by atoms with van der Waals surface area (Å²) in [6, 6.07) is 11.4. The molecule has 2 rings (SSSR count). The van der Waals surface area contributed by atoms with E-state index in [2.05, 4.69) is 10.4 Å². The molecule has 0 saturated heterocycles. The van der Waals surface area contributed by atoms with Gasteiger partial charge in [0.25, 0.3) is 5.91 Å². The number of aromatic nitrogens is 2. The molecular formula is C15H19N3O2. The third-order valence-electron chi connectivity index (χ3n) is 3.02. The van der Waals surface area contributed by atoms with Crippen molar-refractivity contribution in [2.75, 3.05) is 6.61 Å². The number of aliphatic hydroxyl groups is 1. The zero-order valence-electron chi connectivity index (χ0n) is 11.5. The lowest BCUT2D eigenvalue weighted by molar-refractivity contribution is 0.0931. The Balaban J connectivity index is 2.00. The molecule has 0 aliphatic heterocycles. The molecule has 0 aliphatic carbocycles. The Morgan fingerprint density at radius 1 is 1.35 bits per heavy atom. The van der Waals surface area contributed by atoms with Crippen LogP contribution < -0.4 is 5.32 Å². The first-order valence-electron chi connectivity index (χ1n) is 6.73. The predicted molar refractivity (Wildman–Crippen MR) is 76.8 cm³/mol. The van der Waals surface area contributed by atoms with E-state index >= 15 is 0 Å². The van der Waals surface area contributed by atoms with Gasteiger partial charge in [-0.15, -0.1) is 0 Å². The quantitative estimate of drug-likeness (QED) is 0.842. The van der Waals surface area contributed by atoms with Gasteiger partial charge >= 0.3 is 0 Å². The molecular weight excluding hydrogens is 254 g/mol. The summed E-state index contributed by atoms with van der Waals surface area (Å²) in [4.78, 5) is 12.0. The first-order chi connectivity index (χ1) is 9.70. The summed E-state index contributed by atoms with van der Waals surface area (Å²) < 4.78 is 1.67. The number of benzene rings is 1. The maximum absolute atomic E-state index is 12.0. The number of nitrogens with zero attached hydrogens (tertiary/aromatic N) is 2. The monoisotopic (exact) mass is 273 g/mol. The molecule has 5 heteroatoms. The van der Waals surface area contributed by atoms with Crippen molar-refractivity contribution in [2.24, 2.45) is 0 Å². The van der Waals surface area contributed by atoms with Gasteiger partial charge in [0.1, 0.15) is 0 Å². The van der Waals surface area contributed by atoms with Gasteiger partial charge in [-0.25, -0.2) is 4.68 Å². The number of aliphatic hydroxyl groups excluding tert-OH is 1. The summed E-state index contributed by atoms with van der Waals surface area (Å²) in [6.07, 6.45) is 3.20. The number of hydrogen-bond acceptors (Lipinski definition) is 3. The molecule has 1 unspecified atom stereocenters. The van der Waals surface area contributed by atoms with Crippen LogP contribution in [0.2, 0.25) is 0 Å². The lowest BCUT2D eigenvalue weighted by Crippen LogP contribution is -2.33. The lowest BCUT2D eigenvalue weighted by atomic mass is 10.2. The highest BCUT2D eigenvalue weighted by atomic mass is 16.3. The molecule has 1 aromatic carbocycles. The van der Waals surface area contributed by atoms with E-state index < -0.39 is 0 Å². The standard InChI is InChI=1S/C15H19N3O2/c1-12(6-5-11-19)16-15(20)14-9-10-18(17-14)13-7-3-2-4-8-13/h2-4,7-10,12,19H,5-6,11H2,1H3,(H,16,20). The van der Waals surface area contributed by atoms with Gasteiger partial charge < -0.3 is 10.4 Å². The van der Waals surface area contributed by atoms with E-state index in [4.69, 9.17) is 5.11 Å². The van der Waals surface area contributed by atoms with Crippen LogP contribution in [-0.4, -0.2) is 33.4 Å². The molecule has 0 saturated carbocycles. The lowest BCUT2D eigenvalue weighted by Gasteiger charge is -2.11. The molecule has 106 valence electrons. The van der Waals surface area contributed by atoms with Gasteiger partial charge in [0.2, 0.25) is 0 Å².